The number of hydrogen-bond donors (Lipinski definition) is 3. The molecule has 1 aromatic heterocycles. The summed E-state index contributed by atoms with van der Waals surface area (Å²) < 4.78 is 16.1. The second kappa shape index (κ2) is 6.35. The molecule has 0 bridgehead atoms. The van der Waals surface area contributed by atoms with Gasteiger partial charge in [-0.15, -0.1) is 0 Å². The van der Waals surface area contributed by atoms with Gasteiger partial charge < -0.3 is 19.9 Å². The van der Waals surface area contributed by atoms with E-state index >= 15 is 0 Å². The number of ether oxygens (including phenoxy) is 3. The quantitative estimate of drug-likeness (QED) is 0.545. The van der Waals surface area contributed by atoms with Crippen molar-refractivity contribution in [1.29, 1.82) is 0 Å². The van der Waals surface area contributed by atoms with Gasteiger partial charge in [0.05, 0.1) is 12.8 Å². The SMILES string of the molecule is Nc1ncc(OCCCc2ccc3c(c2)OCO3)c(NO)n1. The highest BCUT2D eigenvalue weighted by molar-refractivity contribution is 5.49. The number of benzene rings is 1. The van der Waals surface area contributed by atoms with Crippen molar-refractivity contribution >= 4 is 11.8 Å². The van der Waals surface area contributed by atoms with Gasteiger partial charge in [-0.1, -0.05) is 6.07 Å². The fourth-order valence-corrected chi connectivity index (χ4v) is 2.13. The summed E-state index contributed by atoms with van der Waals surface area (Å²) in [5, 5.41) is 8.97. The third-order valence-corrected chi connectivity index (χ3v) is 3.18. The van der Waals surface area contributed by atoms with Crippen LogP contribution in [-0.2, 0) is 6.42 Å². The number of nitrogens with zero attached hydrogens (tertiary/aromatic N) is 2. The molecule has 116 valence electrons. The summed E-state index contributed by atoms with van der Waals surface area (Å²) in [7, 11) is 0. The number of nitrogen functional groups attached to an aromatic ring is 1. The Kier molecular flexibility index (Phi) is 4.10. The lowest BCUT2D eigenvalue weighted by Crippen LogP contribution is -2.06. The molecule has 1 aliphatic heterocycles. The Morgan fingerprint density at radius 1 is 1.32 bits per heavy atom. The number of fused-ring (bicyclic) bond motifs is 1. The van der Waals surface area contributed by atoms with E-state index < -0.39 is 0 Å². The van der Waals surface area contributed by atoms with Gasteiger partial charge in [0.15, 0.2) is 23.1 Å². The van der Waals surface area contributed by atoms with Crippen LogP contribution in [0.3, 0.4) is 0 Å². The molecule has 1 aliphatic rings. The third kappa shape index (κ3) is 3.12. The normalized spacial score (nSPS) is 12.2. The van der Waals surface area contributed by atoms with Gasteiger partial charge in [-0.25, -0.2) is 10.5 Å². The maximum absolute atomic E-state index is 8.97. The molecule has 22 heavy (non-hydrogen) atoms. The lowest BCUT2D eigenvalue weighted by atomic mass is 10.1. The molecule has 0 saturated carbocycles. The van der Waals surface area contributed by atoms with Crippen LogP contribution < -0.4 is 25.4 Å². The largest absolute Gasteiger partial charge is 0.488 e. The molecule has 0 radical (unpaired) electrons. The second-order valence-electron chi connectivity index (χ2n) is 4.69. The van der Waals surface area contributed by atoms with Gasteiger partial charge >= 0.3 is 0 Å². The Morgan fingerprint density at radius 3 is 3.05 bits per heavy atom. The first-order valence-corrected chi connectivity index (χ1v) is 6.80. The number of nitrogens with one attached hydrogen (secondary N) is 1. The molecule has 2 heterocycles. The zero-order valence-electron chi connectivity index (χ0n) is 11.8. The molecule has 1 aromatic carbocycles. The van der Waals surface area contributed by atoms with Crippen LogP contribution in [0.2, 0.25) is 0 Å². The fraction of sp³-hybridized carbons (Fsp3) is 0.286. The van der Waals surface area contributed by atoms with Gasteiger partial charge in [-0.05, 0) is 30.5 Å². The van der Waals surface area contributed by atoms with Crippen molar-refractivity contribution in [1.82, 2.24) is 9.97 Å². The van der Waals surface area contributed by atoms with E-state index in [2.05, 4.69) is 9.97 Å². The highest BCUT2D eigenvalue weighted by Crippen LogP contribution is 2.32. The number of nitrogens with two attached hydrogens (primary N) is 1. The smallest absolute Gasteiger partial charge is 0.231 e. The Morgan fingerprint density at radius 2 is 2.18 bits per heavy atom. The van der Waals surface area contributed by atoms with Crippen LogP contribution in [0.25, 0.3) is 0 Å². The van der Waals surface area contributed by atoms with Crippen LogP contribution in [0, 0.1) is 0 Å². The summed E-state index contributed by atoms with van der Waals surface area (Å²) in [5.41, 5.74) is 8.50. The number of anilines is 2. The molecular formula is C14H16N4O4. The molecule has 0 atom stereocenters. The predicted octanol–water partition coefficient (Wildman–Crippen LogP) is 1.60. The summed E-state index contributed by atoms with van der Waals surface area (Å²) >= 11 is 0. The highest BCUT2D eigenvalue weighted by Gasteiger charge is 2.13. The first kappa shape index (κ1) is 14.2. The molecule has 0 saturated heterocycles. The minimum Gasteiger partial charge on any atom is -0.488 e. The standard InChI is InChI=1S/C14H16N4O4/c15-14-16-7-12(13(17-14)18-19)20-5-1-2-9-3-4-10-11(6-9)22-8-21-10/h3-4,6-7,19H,1-2,5,8H2,(H3,15,16,17,18). The molecule has 4 N–H and O–H groups in total. The molecule has 8 nitrogen and oxygen atoms in total. The van der Waals surface area contributed by atoms with E-state index in [0.717, 1.165) is 29.9 Å². The van der Waals surface area contributed by atoms with Crippen molar-refractivity contribution in [3.8, 4) is 17.2 Å². The average molecular weight is 304 g/mol. The second-order valence-corrected chi connectivity index (χ2v) is 4.69. The van der Waals surface area contributed by atoms with E-state index in [1.54, 1.807) is 0 Å². The minimum absolute atomic E-state index is 0.0595. The lowest BCUT2D eigenvalue weighted by molar-refractivity contribution is 0.174. The van der Waals surface area contributed by atoms with Gasteiger partial charge in [0.1, 0.15) is 0 Å². The van der Waals surface area contributed by atoms with Crippen molar-refractivity contribution in [2.75, 3.05) is 24.6 Å². The molecular weight excluding hydrogens is 288 g/mol. The molecule has 0 spiro atoms. The molecule has 3 rings (SSSR count). The minimum atomic E-state index is 0.0595. The molecule has 0 amide bonds. The first-order chi connectivity index (χ1) is 10.8. The van der Waals surface area contributed by atoms with Crippen LogP contribution in [0.15, 0.2) is 24.4 Å². The topological polar surface area (TPSA) is 112 Å². The van der Waals surface area contributed by atoms with Crippen molar-refractivity contribution in [2.24, 2.45) is 0 Å². The van der Waals surface area contributed by atoms with E-state index in [1.165, 1.54) is 6.20 Å². The number of aryl methyl sites for hydroxylation is 1. The molecule has 8 heteroatoms. The van der Waals surface area contributed by atoms with Gasteiger partial charge in [-0.2, -0.15) is 4.98 Å². The molecule has 0 aliphatic carbocycles. The van der Waals surface area contributed by atoms with Gasteiger partial charge in [0, 0.05) is 0 Å². The van der Waals surface area contributed by atoms with E-state index in [1.807, 2.05) is 23.7 Å². The Bertz CT molecular complexity index is 665. The van der Waals surface area contributed by atoms with Crippen LogP contribution in [0.5, 0.6) is 17.2 Å². The van der Waals surface area contributed by atoms with E-state index in [-0.39, 0.29) is 18.6 Å². The van der Waals surface area contributed by atoms with Crippen molar-refractivity contribution in [2.45, 2.75) is 12.8 Å². The maximum atomic E-state index is 8.97. The Balaban J connectivity index is 1.51. The van der Waals surface area contributed by atoms with Crippen LogP contribution in [-0.4, -0.2) is 28.6 Å². The lowest BCUT2D eigenvalue weighted by Gasteiger charge is -2.09. The van der Waals surface area contributed by atoms with Crippen LogP contribution >= 0.6 is 0 Å². The summed E-state index contributed by atoms with van der Waals surface area (Å²) in [6.07, 6.45) is 3.03. The number of aromatic nitrogens is 2. The van der Waals surface area contributed by atoms with Crippen LogP contribution in [0.4, 0.5) is 11.8 Å². The summed E-state index contributed by atoms with van der Waals surface area (Å²) in [6, 6.07) is 5.87. The molecule has 0 unspecified atom stereocenters. The summed E-state index contributed by atoms with van der Waals surface area (Å²) in [5.74, 6) is 2.11. The first-order valence-electron chi connectivity index (χ1n) is 6.80. The van der Waals surface area contributed by atoms with E-state index in [9.17, 15) is 0 Å². The molecule has 2 aromatic rings. The van der Waals surface area contributed by atoms with Gasteiger partial charge in [0.2, 0.25) is 12.7 Å². The predicted molar refractivity (Wildman–Crippen MR) is 78.2 cm³/mol. The summed E-state index contributed by atoms with van der Waals surface area (Å²) in [4.78, 5) is 7.64. The summed E-state index contributed by atoms with van der Waals surface area (Å²) in [6.45, 7) is 0.729. The molecule has 0 fully saturated rings. The number of hydrogen-bond acceptors (Lipinski definition) is 8. The Hall–Kier alpha value is -2.74. The fourth-order valence-electron chi connectivity index (χ4n) is 2.13. The van der Waals surface area contributed by atoms with E-state index in [4.69, 9.17) is 25.2 Å². The van der Waals surface area contributed by atoms with Crippen molar-refractivity contribution in [3.05, 3.63) is 30.0 Å². The maximum Gasteiger partial charge on any atom is 0.231 e. The third-order valence-electron chi connectivity index (χ3n) is 3.18. The van der Waals surface area contributed by atoms with Crippen molar-refractivity contribution in [3.63, 3.8) is 0 Å². The van der Waals surface area contributed by atoms with Crippen molar-refractivity contribution < 1.29 is 19.4 Å². The highest BCUT2D eigenvalue weighted by atomic mass is 16.7. The number of rotatable bonds is 6. The van der Waals surface area contributed by atoms with Gasteiger partial charge in [0.25, 0.3) is 0 Å². The zero-order valence-corrected chi connectivity index (χ0v) is 11.8. The average Bonchev–Trinajstić information content (AvgIpc) is 3.00. The Labute approximate surface area is 126 Å². The van der Waals surface area contributed by atoms with E-state index in [0.29, 0.717) is 12.4 Å². The monoisotopic (exact) mass is 304 g/mol. The van der Waals surface area contributed by atoms with Gasteiger partial charge in [-0.3, -0.25) is 5.21 Å². The zero-order chi connectivity index (χ0) is 15.4. The van der Waals surface area contributed by atoms with Crippen LogP contribution in [0.1, 0.15) is 12.0 Å².